The summed E-state index contributed by atoms with van der Waals surface area (Å²) in [6.45, 7) is 2.28. The van der Waals surface area contributed by atoms with Crippen LogP contribution in [-0.2, 0) is 4.74 Å². The number of imidazole rings is 1. The molecule has 2 atom stereocenters. The van der Waals surface area contributed by atoms with Gasteiger partial charge in [-0.1, -0.05) is 11.6 Å². The molecule has 1 aromatic carbocycles. The van der Waals surface area contributed by atoms with E-state index in [4.69, 9.17) is 16.3 Å². The lowest BCUT2D eigenvalue weighted by atomic mass is 10.2. The predicted molar refractivity (Wildman–Crippen MR) is 113 cm³/mol. The monoisotopic (exact) mass is 442 g/mol. The summed E-state index contributed by atoms with van der Waals surface area (Å²) in [4.78, 5) is 27.0. The highest BCUT2D eigenvalue weighted by Gasteiger charge is 2.44. The van der Waals surface area contributed by atoms with Gasteiger partial charge in [-0.25, -0.2) is 19.2 Å². The van der Waals surface area contributed by atoms with Gasteiger partial charge >= 0.3 is 6.09 Å². The van der Waals surface area contributed by atoms with Crippen LogP contribution in [0.15, 0.2) is 42.9 Å². The molecule has 0 spiro atoms. The minimum atomic E-state index is -0.413. The number of cyclic esters (lactones) is 1. The van der Waals surface area contributed by atoms with Crippen LogP contribution in [0.25, 0.3) is 5.69 Å². The van der Waals surface area contributed by atoms with Gasteiger partial charge in [0.05, 0.1) is 24.1 Å². The lowest BCUT2D eigenvalue weighted by Gasteiger charge is -2.21. The molecular weight excluding hydrogens is 423 g/mol. The van der Waals surface area contributed by atoms with Crippen molar-refractivity contribution >= 4 is 29.5 Å². The molecule has 1 saturated heterocycles. The highest BCUT2D eigenvalue weighted by molar-refractivity contribution is 6.29. The number of hydrogen-bond donors (Lipinski definition) is 1. The Labute approximate surface area is 183 Å². The van der Waals surface area contributed by atoms with E-state index < -0.39 is 6.09 Å². The van der Waals surface area contributed by atoms with E-state index in [2.05, 4.69) is 20.3 Å². The van der Waals surface area contributed by atoms with E-state index in [1.165, 1.54) is 12.1 Å². The molecular formula is C21H20ClFN6O2. The molecule has 1 saturated carbocycles. The van der Waals surface area contributed by atoms with E-state index in [0.29, 0.717) is 24.3 Å². The number of aromatic nitrogens is 4. The SMILES string of the molecule is C[C@H](Nc1nc(Cl)cc(N2C(=O)OCC2C2CC2)n1)c1cn(-c2ccc(F)cc2)cn1. The van der Waals surface area contributed by atoms with Crippen molar-refractivity contribution in [3.05, 3.63) is 59.5 Å². The van der Waals surface area contributed by atoms with Crippen molar-refractivity contribution < 1.29 is 13.9 Å². The summed E-state index contributed by atoms with van der Waals surface area (Å²) in [6.07, 6.45) is 5.25. The maximum Gasteiger partial charge on any atom is 0.415 e. The van der Waals surface area contributed by atoms with Crippen molar-refractivity contribution in [2.75, 3.05) is 16.8 Å². The summed E-state index contributed by atoms with van der Waals surface area (Å²) >= 11 is 6.23. The van der Waals surface area contributed by atoms with E-state index in [1.54, 1.807) is 34.0 Å². The first-order valence-corrected chi connectivity index (χ1v) is 10.4. The number of carbonyl (C=O) groups is 1. The molecule has 3 heterocycles. The van der Waals surface area contributed by atoms with Gasteiger partial charge < -0.3 is 14.6 Å². The highest BCUT2D eigenvalue weighted by atomic mass is 35.5. The minimum absolute atomic E-state index is 0.0184. The number of ether oxygens (including phenoxy) is 1. The molecule has 2 fully saturated rings. The van der Waals surface area contributed by atoms with E-state index in [1.807, 2.05) is 13.1 Å². The van der Waals surface area contributed by atoms with Gasteiger partial charge in [0, 0.05) is 18.0 Å². The molecule has 3 aromatic rings. The Kier molecular flexibility index (Phi) is 4.97. The first-order valence-electron chi connectivity index (χ1n) is 10.0. The summed E-state index contributed by atoms with van der Waals surface area (Å²) in [5.41, 5.74) is 1.54. The third kappa shape index (κ3) is 4.05. The zero-order valence-electron chi connectivity index (χ0n) is 16.7. The number of halogens is 2. The van der Waals surface area contributed by atoms with Crippen LogP contribution in [0.4, 0.5) is 21.0 Å². The van der Waals surface area contributed by atoms with E-state index in [9.17, 15) is 9.18 Å². The molecule has 0 bridgehead atoms. The average molecular weight is 443 g/mol. The molecule has 1 N–H and O–H groups in total. The summed E-state index contributed by atoms with van der Waals surface area (Å²) in [5, 5.41) is 3.42. The first kappa shape index (κ1) is 19.7. The van der Waals surface area contributed by atoms with Gasteiger partial charge in [0.2, 0.25) is 5.95 Å². The molecule has 1 aliphatic carbocycles. The number of rotatable bonds is 6. The zero-order valence-corrected chi connectivity index (χ0v) is 17.5. The summed E-state index contributed by atoms with van der Waals surface area (Å²) in [6, 6.07) is 7.47. The second-order valence-corrected chi connectivity index (χ2v) is 8.16. The Bertz CT molecular complexity index is 1120. The van der Waals surface area contributed by atoms with Crippen molar-refractivity contribution in [3.8, 4) is 5.69 Å². The standard InChI is InChI=1S/C21H20ClFN6O2/c1-12(16-9-28(11-24-16)15-6-4-14(23)5-7-15)25-20-26-18(22)8-19(27-20)29-17(13-2-3-13)10-31-21(29)30/h4-9,11-13,17H,2-3,10H2,1H3,(H,25,26,27)/t12-,17?/m0/s1. The van der Waals surface area contributed by atoms with Crippen LogP contribution in [0.5, 0.6) is 0 Å². The second-order valence-electron chi connectivity index (χ2n) is 7.77. The molecule has 0 radical (unpaired) electrons. The predicted octanol–water partition coefficient (Wildman–Crippen LogP) is 4.36. The first-order chi connectivity index (χ1) is 15.0. The molecule has 1 unspecified atom stereocenters. The third-order valence-electron chi connectivity index (χ3n) is 5.52. The third-order valence-corrected chi connectivity index (χ3v) is 5.71. The van der Waals surface area contributed by atoms with Crippen molar-refractivity contribution in [2.45, 2.75) is 31.8 Å². The van der Waals surface area contributed by atoms with Crippen LogP contribution >= 0.6 is 11.6 Å². The van der Waals surface area contributed by atoms with Crippen LogP contribution in [0, 0.1) is 11.7 Å². The van der Waals surface area contributed by atoms with E-state index in [0.717, 1.165) is 24.2 Å². The Hall–Kier alpha value is -3.20. The normalized spacial score (nSPS) is 19.4. The topological polar surface area (TPSA) is 85.2 Å². The molecule has 160 valence electrons. The Balaban J connectivity index is 1.35. The molecule has 10 heteroatoms. The average Bonchev–Trinajstić information content (AvgIpc) is 3.32. The maximum atomic E-state index is 13.2. The number of anilines is 2. The lowest BCUT2D eigenvalue weighted by molar-refractivity contribution is 0.178. The van der Waals surface area contributed by atoms with Gasteiger partial charge in [-0.3, -0.25) is 4.90 Å². The molecule has 31 heavy (non-hydrogen) atoms. The van der Waals surface area contributed by atoms with Crippen LogP contribution in [0.3, 0.4) is 0 Å². The number of nitrogens with one attached hydrogen (secondary N) is 1. The van der Waals surface area contributed by atoms with Crippen molar-refractivity contribution in [2.24, 2.45) is 5.92 Å². The van der Waals surface area contributed by atoms with Crippen molar-refractivity contribution in [3.63, 3.8) is 0 Å². The minimum Gasteiger partial charge on any atom is -0.447 e. The van der Waals surface area contributed by atoms with Gasteiger partial charge in [0.1, 0.15) is 23.4 Å². The number of benzene rings is 1. The molecule has 8 nitrogen and oxygen atoms in total. The maximum absolute atomic E-state index is 13.2. The number of carbonyl (C=O) groups excluding carboxylic acids is 1. The Morgan fingerprint density at radius 1 is 1.26 bits per heavy atom. The smallest absolute Gasteiger partial charge is 0.415 e. The number of hydrogen-bond acceptors (Lipinski definition) is 6. The fourth-order valence-corrected chi connectivity index (χ4v) is 3.88. The summed E-state index contributed by atoms with van der Waals surface area (Å²) < 4.78 is 20.2. The van der Waals surface area contributed by atoms with Crippen LogP contribution in [0.1, 0.15) is 31.5 Å². The number of amides is 1. The van der Waals surface area contributed by atoms with Crippen molar-refractivity contribution in [1.29, 1.82) is 0 Å². The molecule has 2 aliphatic rings. The quantitative estimate of drug-likeness (QED) is 0.571. The lowest BCUT2D eigenvalue weighted by Crippen LogP contribution is -2.35. The number of nitrogens with zero attached hydrogens (tertiary/aromatic N) is 5. The summed E-state index contributed by atoms with van der Waals surface area (Å²) in [5.74, 6) is 0.858. The van der Waals surface area contributed by atoms with Crippen LogP contribution in [0.2, 0.25) is 5.15 Å². The highest BCUT2D eigenvalue weighted by Crippen LogP contribution is 2.40. The van der Waals surface area contributed by atoms with Gasteiger partial charge in [-0.05, 0) is 49.9 Å². The fraction of sp³-hybridized carbons (Fsp3) is 0.333. The van der Waals surface area contributed by atoms with Gasteiger partial charge in [-0.2, -0.15) is 4.98 Å². The van der Waals surface area contributed by atoms with Crippen molar-refractivity contribution in [1.82, 2.24) is 19.5 Å². The van der Waals surface area contributed by atoms with E-state index in [-0.39, 0.29) is 23.1 Å². The van der Waals surface area contributed by atoms with Gasteiger partial charge in [0.15, 0.2) is 0 Å². The molecule has 2 aromatic heterocycles. The van der Waals surface area contributed by atoms with Gasteiger partial charge in [-0.15, -0.1) is 0 Å². The summed E-state index contributed by atoms with van der Waals surface area (Å²) in [7, 11) is 0. The Morgan fingerprint density at radius 2 is 2.03 bits per heavy atom. The Morgan fingerprint density at radius 3 is 2.77 bits per heavy atom. The molecule has 1 amide bonds. The van der Waals surface area contributed by atoms with Crippen LogP contribution < -0.4 is 10.2 Å². The largest absolute Gasteiger partial charge is 0.447 e. The van der Waals surface area contributed by atoms with Gasteiger partial charge in [0.25, 0.3) is 0 Å². The zero-order chi connectivity index (χ0) is 21.5. The fourth-order valence-electron chi connectivity index (χ4n) is 3.70. The second kappa shape index (κ2) is 7.81. The van der Waals surface area contributed by atoms with Crippen LogP contribution in [-0.4, -0.2) is 38.3 Å². The van der Waals surface area contributed by atoms with E-state index >= 15 is 0 Å². The molecule has 5 rings (SSSR count). The molecule has 1 aliphatic heterocycles.